The van der Waals surface area contributed by atoms with Crippen LogP contribution >= 0.6 is 0 Å². The molecule has 1 aliphatic heterocycles. The first-order chi connectivity index (χ1) is 33.9. The van der Waals surface area contributed by atoms with E-state index in [1.54, 1.807) is 0 Å². The zero-order valence-electron chi connectivity index (χ0n) is 38.5. The lowest BCUT2D eigenvalue weighted by atomic mass is 9.82. The Morgan fingerprint density at radius 3 is 1.36 bits per heavy atom. The van der Waals surface area contributed by atoms with Crippen LogP contribution < -0.4 is 9.64 Å². The molecule has 69 heavy (non-hydrogen) atoms. The van der Waals surface area contributed by atoms with Gasteiger partial charge in [0.05, 0.1) is 0 Å². The molecular weight excluding hydrogens is 835 g/mol. The Hall–Kier alpha value is -8.72. The van der Waals surface area contributed by atoms with Gasteiger partial charge < -0.3 is 9.64 Å². The number of rotatable bonds is 7. The van der Waals surface area contributed by atoms with Crippen LogP contribution in [0.5, 0.6) is 11.5 Å². The predicted octanol–water partition coefficient (Wildman–Crippen LogP) is 18.7. The van der Waals surface area contributed by atoms with Gasteiger partial charge in [-0.25, -0.2) is 0 Å². The topological polar surface area (TPSA) is 12.5 Å². The van der Waals surface area contributed by atoms with Gasteiger partial charge in [0.2, 0.25) is 0 Å². The molecule has 11 aromatic carbocycles. The smallest absolute Gasteiger partial charge is 0.135 e. The van der Waals surface area contributed by atoms with Crippen molar-refractivity contribution in [3.63, 3.8) is 0 Å². The third-order valence-electron chi connectivity index (χ3n) is 14.5. The fourth-order valence-electron chi connectivity index (χ4n) is 10.8. The van der Waals surface area contributed by atoms with Crippen molar-refractivity contribution in [2.75, 3.05) is 4.90 Å². The minimum atomic E-state index is -0.106. The lowest BCUT2D eigenvalue weighted by Gasteiger charge is -2.28. The molecule has 1 heterocycles. The van der Waals surface area contributed by atoms with E-state index in [4.69, 9.17) is 4.74 Å². The van der Waals surface area contributed by atoms with Crippen LogP contribution in [0.4, 0.5) is 17.1 Å². The van der Waals surface area contributed by atoms with E-state index in [1.165, 1.54) is 55.5 Å². The van der Waals surface area contributed by atoms with Crippen molar-refractivity contribution in [1.29, 1.82) is 0 Å². The van der Waals surface area contributed by atoms with E-state index in [-0.39, 0.29) is 5.41 Å². The Morgan fingerprint density at radius 1 is 0.275 bits per heavy atom. The Morgan fingerprint density at radius 2 is 0.710 bits per heavy atom. The van der Waals surface area contributed by atoms with Gasteiger partial charge in [0.1, 0.15) is 11.5 Å². The minimum Gasteiger partial charge on any atom is -0.456 e. The van der Waals surface area contributed by atoms with E-state index in [9.17, 15) is 0 Å². The number of fused-ring (bicyclic) bond motifs is 9. The summed E-state index contributed by atoms with van der Waals surface area (Å²) in [6.07, 6.45) is 0. The summed E-state index contributed by atoms with van der Waals surface area (Å²) < 4.78 is 6.96. The average Bonchev–Trinajstić information content (AvgIpc) is 3.55. The first-order valence-electron chi connectivity index (χ1n) is 23.9. The Bertz CT molecular complexity index is 3740. The molecule has 2 aliphatic rings. The van der Waals surface area contributed by atoms with Crippen molar-refractivity contribution < 1.29 is 4.74 Å². The van der Waals surface area contributed by atoms with Gasteiger partial charge in [-0.2, -0.15) is 0 Å². The fraction of sp³-hybridized carbons (Fsp3) is 0.0448. The highest BCUT2D eigenvalue weighted by Gasteiger charge is 2.36. The zero-order chi connectivity index (χ0) is 46.1. The maximum atomic E-state index is 6.96. The molecule has 2 nitrogen and oxygen atoms in total. The number of hydrogen-bond acceptors (Lipinski definition) is 2. The normalized spacial score (nSPS) is 12.7. The van der Waals surface area contributed by atoms with Crippen LogP contribution in [0.15, 0.2) is 249 Å². The second kappa shape index (κ2) is 16.3. The number of hydrogen-bond donors (Lipinski definition) is 0. The van der Waals surface area contributed by atoms with E-state index >= 15 is 0 Å². The summed E-state index contributed by atoms with van der Waals surface area (Å²) in [5.74, 6) is 1.72. The zero-order valence-corrected chi connectivity index (χ0v) is 38.5. The lowest BCUT2D eigenvalue weighted by molar-refractivity contribution is 0.488. The van der Waals surface area contributed by atoms with E-state index in [1.807, 2.05) is 0 Å². The summed E-state index contributed by atoms with van der Waals surface area (Å²) in [7, 11) is 0. The van der Waals surface area contributed by atoms with Gasteiger partial charge in [-0.05, 0) is 155 Å². The van der Waals surface area contributed by atoms with E-state index in [0.717, 1.165) is 72.9 Å². The quantitative estimate of drug-likeness (QED) is 0.158. The average molecular weight is 882 g/mol. The first kappa shape index (κ1) is 40.5. The van der Waals surface area contributed by atoms with Gasteiger partial charge in [0, 0.05) is 33.6 Å². The molecule has 1 aliphatic carbocycles. The van der Waals surface area contributed by atoms with Crippen LogP contribution in [0.1, 0.15) is 25.0 Å². The monoisotopic (exact) mass is 881 g/mol. The van der Waals surface area contributed by atoms with E-state index in [2.05, 4.69) is 267 Å². The molecule has 0 unspecified atom stereocenters. The molecule has 11 aromatic rings. The van der Waals surface area contributed by atoms with Gasteiger partial charge in [-0.3, -0.25) is 0 Å². The lowest BCUT2D eigenvalue weighted by Crippen LogP contribution is -2.16. The number of anilines is 3. The van der Waals surface area contributed by atoms with Crippen LogP contribution in [-0.2, 0) is 5.41 Å². The molecular formula is C67H47NO. The fourth-order valence-corrected chi connectivity index (χ4v) is 10.8. The summed E-state index contributed by atoms with van der Waals surface area (Å²) in [6, 6.07) is 90.5. The van der Waals surface area contributed by atoms with Crippen LogP contribution in [0.3, 0.4) is 0 Å². The van der Waals surface area contributed by atoms with Crippen molar-refractivity contribution >= 4 is 27.8 Å². The van der Waals surface area contributed by atoms with Crippen molar-refractivity contribution in [2.45, 2.75) is 19.3 Å². The van der Waals surface area contributed by atoms with Crippen molar-refractivity contribution in [2.24, 2.45) is 0 Å². The SMILES string of the molecule is CC1(C)c2ccccc2-c2ccc(N(c3ccc(-c4ccccc4)cc3)c3ccc(-c4ccc(-c5ccc6c(c5)Oc5cc7ccccc7cc5-c5cc(-c7ccccc7)ccc5-6)cc4)cc3)cc21. The number of benzene rings is 11. The van der Waals surface area contributed by atoms with Crippen molar-refractivity contribution in [3.05, 3.63) is 260 Å². The van der Waals surface area contributed by atoms with Crippen molar-refractivity contribution in [3.8, 4) is 89.4 Å². The molecule has 13 rings (SSSR count). The Kier molecular flexibility index (Phi) is 9.55. The third-order valence-corrected chi connectivity index (χ3v) is 14.5. The minimum absolute atomic E-state index is 0.106. The first-order valence-corrected chi connectivity index (χ1v) is 23.9. The molecule has 2 heteroatoms. The molecule has 0 bridgehead atoms. The van der Waals surface area contributed by atoms with Crippen LogP contribution in [-0.4, -0.2) is 0 Å². The summed E-state index contributed by atoms with van der Waals surface area (Å²) in [5, 5.41) is 2.35. The van der Waals surface area contributed by atoms with Crippen LogP contribution in [0, 0.1) is 0 Å². The third kappa shape index (κ3) is 7.03. The van der Waals surface area contributed by atoms with Crippen LogP contribution in [0.2, 0.25) is 0 Å². The van der Waals surface area contributed by atoms with Crippen molar-refractivity contribution in [1.82, 2.24) is 0 Å². The summed E-state index contributed by atoms with van der Waals surface area (Å²) in [4.78, 5) is 2.39. The van der Waals surface area contributed by atoms with E-state index < -0.39 is 0 Å². The maximum Gasteiger partial charge on any atom is 0.135 e. The summed E-state index contributed by atoms with van der Waals surface area (Å²) in [6.45, 7) is 4.70. The molecule has 0 spiro atoms. The molecule has 0 N–H and O–H groups in total. The van der Waals surface area contributed by atoms with Crippen LogP contribution in [0.25, 0.3) is 88.7 Å². The van der Waals surface area contributed by atoms with Gasteiger partial charge in [-0.1, -0.05) is 196 Å². The second-order valence-electron chi connectivity index (χ2n) is 18.9. The number of nitrogens with zero attached hydrogens (tertiary/aromatic N) is 1. The van der Waals surface area contributed by atoms with E-state index in [0.29, 0.717) is 0 Å². The van der Waals surface area contributed by atoms with Gasteiger partial charge in [-0.15, -0.1) is 0 Å². The maximum absolute atomic E-state index is 6.96. The molecule has 326 valence electrons. The molecule has 0 radical (unpaired) electrons. The highest BCUT2D eigenvalue weighted by atomic mass is 16.5. The summed E-state index contributed by atoms with van der Waals surface area (Å²) >= 11 is 0. The Balaban J connectivity index is 0.830. The van der Waals surface area contributed by atoms with Gasteiger partial charge in [0.15, 0.2) is 0 Å². The number of ether oxygens (including phenoxy) is 1. The Labute approximate surface area is 404 Å². The largest absolute Gasteiger partial charge is 0.456 e. The highest BCUT2D eigenvalue weighted by molar-refractivity contribution is 5.99. The highest BCUT2D eigenvalue weighted by Crippen LogP contribution is 2.52. The van der Waals surface area contributed by atoms with Gasteiger partial charge >= 0.3 is 0 Å². The predicted molar refractivity (Wildman–Crippen MR) is 289 cm³/mol. The second-order valence-corrected chi connectivity index (χ2v) is 18.9. The standard InChI is InChI=1S/C67H47NO/c1-67(2)63-20-12-11-19-58(63)59-38-35-56(43-64(59)67)68(54-31-25-47(26-32-54)44-13-5-3-6-14-44)55-33-27-48(28-34-55)46-21-23-49(24-22-46)53-30-37-60-57-36-29-52(45-15-7-4-8-16-45)39-61(57)62-40-50-17-9-10-18-51(50)41-66(62)69-65(60)42-53/h3-43H,1-2H3. The summed E-state index contributed by atoms with van der Waals surface area (Å²) in [5.41, 5.74) is 22.5. The molecule has 0 saturated carbocycles. The molecule has 0 aromatic heterocycles. The molecule has 0 atom stereocenters. The molecule has 0 amide bonds. The van der Waals surface area contributed by atoms with Gasteiger partial charge in [0.25, 0.3) is 0 Å². The molecule has 0 saturated heterocycles. The molecule has 0 fully saturated rings.